The van der Waals surface area contributed by atoms with E-state index < -0.39 is 0 Å². The number of aliphatic hydroxyl groups excluding tert-OH is 1. The van der Waals surface area contributed by atoms with Gasteiger partial charge in [0.25, 0.3) is 0 Å². The molecular weight excluding hydrogens is 212 g/mol. The summed E-state index contributed by atoms with van der Waals surface area (Å²) in [4.78, 5) is 12.2. The summed E-state index contributed by atoms with van der Waals surface area (Å²) in [5.41, 5.74) is 2.41. The zero-order valence-corrected chi connectivity index (χ0v) is 11.0. The minimum Gasteiger partial charge on any atom is -0.392 e. The van der Waals surface area contributed by atoms with Gasteiger partial charge in [-0.15, -0.1) is 0 Å². The lowest BCUT2D eigenvalue weighted by Gasteiger charge is -2.20. The first-order valence-electron chi connectivity index (χ1n) is 6.84. The lowest BCUT2D eigenvalue weighted by molar-refractivity contribution is -0.116. The van der Waals surface area contributed by atoms with Crippen LogP contribution in [0.15, 0.2) is 11.1 Å². The van der Waals surface area contributed by atoms with Crippen LogP contribution in [0.2, 0.25) is 0 Å². The van der Waals surface area contributed by atoms with Gasteiger partial charge in [0.1, 0.15) is 0 Å². The van der Waals surface area contributed by atoms with Crippen molar-refractivity contribution in [3.63, 3.8) is 0 Å². The third-order valence-corrected chi connectivity index (χ3v) is 5.70. The van der Waals surface area contributed by atoms with Gasteiger partial charge in [0.15, 0.2) is 5.78 Å². The Bertz CT molecular complexity index is 405. The summed E-state index contributed by atoms with van der Waals surface area (Å²) in [5.74, 6) is 2.72. The molecule has 1 N–H and O–H groups in total. The SMILES string of the molecule is C[C@@H]1CCC2=C(CO)C(=O)C[C@@H]3[C@H]([C@@H]21)C3(C)C. The van der Waals surface area contributed by atoms with Crippen LogP contribution >= 0.6 is 0 Å². The van der Waals surface area contributed by atoms with E-state index in [2.05, 4.69) is 20.8 Å². The fourth-order valence-electron chi connectivity index (χ4n) is 4.58. The maximum absolute atomic E-state index is 12.2. The Morgan fingerprint density at radius 2 is 2.12 bits per heavy atom. The van der Waals surface area contributed by atoms with Gasteiger partial charge in [0.2, 0.25) is 0 Å². The quantitative estimate of drug-likeness (QED) is 0.757. The van der Waals surface area contributed by atoms with Crippen LogP contribution in [0.5, 0.6) is 0 Å². The molecule has 2 fully saturated rings. The van der Waals surface area contributed by atoms with Crippen LogP contribution in [-0.2, 0) is 4.79 Å². The highest BCUT2D eigenvalue weighted by atomic mass is 16.3. The Balaban J connectivity index is 2.07. The predicted octanol–water partition coefficient (Wildman–Crippen LogP) is 2.57. The molecule has 0 heterocycles. The average Bonchev–Trinajstić information content (AvgIpc) is 2.62. The Morgan fingerprint density at radius 3 is 2.76 bits per heavy atom. The van der Waals surface area contributed by atoms with Crippen molar-refractivity contribution in [3.8, 4) is 0 Å². The number of ketones is 1. The highest BCUT2D eigenvalue weighted by molar-refractivity contribution is 5.97. The molecular formula is C15H22O2. The Labute approximate surface area is 103 Å². The molecule has 94 valence electrons. The summed E-state index contributed by atoms with van der Waals surface area (Å²) in [5, 5.41) is 9.47. The molecule has 0 radical (unpaired) electrons. The van der Waals surface area contributed by atoms with E-state index in [1.54, 1.807) is 0 Å². The third-order valence-electron chi connectivity index (χ3n) is 5.70. The first kappa shape index (κ1) is 11.5. The van der Waals surface area contributed by atoms with Gasteiger partial charge in [-0.25, -0.2) is 0 Å². The van der Waals surface area contributed by atoms with Crippen molar-refractivity contribution >= 4 is 5.78 Å². The van der Waals surface area contributed by atoms with Crippen LogP contribution in [0.1, 0.15) is 40.0 Å². The van der Waals surface area contributed by atoms with Crippen molar-refractivity contribution in [2.75, 3.05) is 6.61 Å². The molecule has 0 aromatic rings. The lowest BCUT2D eigenvalue weighted by Crippen LogP contribution is -2.16. The molecule has 3 aliphatic rings. The number of carbonyl (C=O) groups excluding carboxylic acids is 1. The highest BCUT2D eigenvalue weighted by Crippen LogP contribution is 2.69. The summed E-state index contributed by atoms with van der Waals surface area (Å²) < 4.78 is 0. The Hall–Kier alpha value is -0.630. The largest absolute Gasteiger partial charge is 0.392 e. The van der Waals surface area contributed by atoms with Crippen molar-refractivity contribution in [1.29, 1.82) is 0 Å². The molecule has 0 amide bonds. The van der Waals surface area contributed by atoms with E-state index in [0.29, 0.717) is 35.5 Å². The van der Waals surface area contributed by atoms with Gasteiger partial charge in [-0.05, 0) is 41.9 Å². The first-order valence-corrected chi connectivity index (χ1v) is 6.84. The van der Waals surface area contributed by atoms with Crippen molar-refractivity contribution in [1.82, 2.24) is 0 Å². The second-order valence-electron chi connectivity index (χ2n) is 6.78. The normalized spacial score (nSPS) is 43.2. The molecule has 0 aromatic heterocycles. The van der Waals surface area contributed by atoms with Crippen molar-refractivity contribution in [2.24, 2.45) is 29.1 Å². The molecule has 3 aliphatic carbocycles. The van der Waals surface area contributed by atoms with E-state index in [1.807, 2.05) is 0 Å². The van der Waals surface area contributed by atoms with Crippen molar-refractivity contribution in [2.45, 2.75) is 40.0 Å². The number of fused-ring (bicyclic) bond motifs is 3. The van der Waals surface area contributed by atoms with Crippen molar-refractivity contribution in [3.05, 3.63) is 11.1 Å². The Morgan fingerprint density at radius 1 is 1.41 bits per heavy atom. The van der Waals surface area contributed by atoms with Gasteiger partial charge < -0.3 is 5.11 Å². The molecule has 3 rings (SSSR count). The summed E-state index contributed by atoms with van der Waals surface area (Å²) in [7, 11) is 0. The summed E-state index contributed by atoms with van der Waals surface area (Å²) in [6, 6.07) is 0. The Kier molecular flexibility index (Phi) is 2.32. The van der Waals surface area contributed by atoms with Gasteiger partial charge >= 0.3 is 0 Å². The molecule has 0 aromatic carbocycles. The van der Waals surface area contributed by atoms with E-state index in [0.717, 1.165) is 12.0 Å². The second kappa shape index (κ2) is 3.44. The number of allylic oxidation sites excluding steroid dienone is 1. The van der Waals surface area contributed by atoms with Crippen LogP contribution in [0.25, 0.3) is 0 Å². The fourth-order valence-corrected chi connectivity index (χ4v) is 4.58. The van der Waals surface area contributed by atoms with Crippen LogP contribution in [0.3, 0.4) is 0 Å². The summed E-state index contributed by atoms with van der Waals surface area (Å²) >= 11 is 0. The fraction of sp³-hybridized carbons (Fsp3) is 0.800. The number of hydrogen-bond acceptors (Lipinski definition) is 2. The maximum Gasteiger partial charge on any atom is 0.161 e. The summed E-state index contributed by atoms with van der Waals surface area (Å²) in [6.45, 7) is 6.88. The lowest BCUT2D eigenvalue weighted by atomic mass is 9.84. The summed E-state index contributed by atoms with van der Waals surface area (Å²) in [6.07, 6.45) is 2.89. The van der Waals surface area contributed by atoms with Gasteiger partial charge in [0, 0.05) is 12.0 Å². The van der Waals surface area contributed by atoms with Crippen molar-refractivity contribution < 1.29 is 9.90 Å². The van der Waals surface area contributed by atoms with Crippen LogP contribution in [0, 0.1) is 29.1 Å². The van der Waals surface area contributed by atoms with Crippen LogP contribution < -0.4 is 0 Å². The molecule has 2 heteroatoms. The number of rotatable bonds is 1. The standard InChI is InChI=1S/C15H22O2/c1-8-4-5-9-10(7-16)12(17)6-11-14(13(8)9)15(11,2)3/h8,11,13-14,16H,4-7H2,1-3H3/t8-,11-,13-,14-/m1/s1. The number of Topliss-reactive ketones (excluding diaryl/α,β-unsaturated/α-hetero) is 1. The first-order chi connectivity index (χ1) is 7.98. The van der Waals surface area contributed by atoms with E-state index in [-0.39, 0.29) is 12.4 Å². The molecule has 0 unspecified atom stereocenters. The third kappa shape index (κ3) is 1.40. The minimum absolute atomic E-state index is 0.0444. The van der Waals surface area contributed by atoms with Gasteiger partial charge in [-0.3, -0.25) is 4.79 Å². The van der Waals surface area contributed by atoms with E-state index in [4.69, 9.17) is 0 Å². The van der Waals surface area contributed by atoms with E-state index in [9.17, 15) is 9.90 Å². The zero-order valence-electron chi connectivity index (χ0n) is 11.0. The van der Waals surface area contributed by atoms with Crippen LogP contribution in [0.4, 0.5) is 0 Å². The minimum atomic E-state index is -0.0444. The molecule has 2 saturated carbocycles. The van der Waals surface area contributed by atoms with Gasteiger partial charge in [-0.1, -0.05) is 26.3 Å². The predicted molar refractivity (Wildman–Crippen MR) is 66.4 cm³/mol. The molecule has 0 bridgehead atoms. The molecule has 0 aliphatic heterocycles. The smallest absolute Gasteiger partial charge is 0.161 e. The maximum atomic E-state index is 12.2. The highest BCUT2D eigenvalue weighted by Gasteiger charge is 2.64. The topological polar surface area (TPSA) is 37.3 Å². The number of carbonyl (C=O) groups is 1. The van der Waals surface area contributed by atoms with E-state index in [1.165, 1.54) is 12.0 Å². The molecule has 17 heavy (non-hydrogen) atoms. The molecule has 2 nitrogen and oxygen atoms in total. The monoisotopic (exact) mass is 234 g/mol. The molecule has 0 spiro atoms. The molecule has 0 saturated heterocycles. The number of aliphatic hydroxyl groups is 1. The van der Waals surface area contributed by atoms with E-state index >= 15 is 0 Å². The number of hydrogen-bond donors (Lipinski definition) is 1. The van der Waals surface area contributed by atoms with Gasteiger partial charge in [0.05, 0.1) is 6.61 Å². The molecule has 4 atom stereocenters. The second-order valence-corrected chi connectivity index (χ2v) is 6.78. The average molecular weight is 234 g/mol. The van der Waals surface area contributed by atoms with Gasteiger partial charge in [-0.2, -0.15) is 0 Å². The zero-order chi connectivity index (χ0) is 12.4. The van der Waals surface area contributed by atoms with Crippen LogP contribution in [-0.4, -0.2) is 17.5 Å².